The van der Waals surface area contributed by atoms with Crippen LogP contribution in [0.25, 0.3) is 10.6 Å². The van der Waals surface area contributed by atoms with Crippen LogP contribution in [-0.4, -0.2) is 19.2 Å². The number of ether oxygens (including phenoxy) is 2. The second-order valence-electron chi connectivity index (χ2n) is 4.93. The molecular weight excluding hydrogens is 272 g/mol. The average Bonchev–Trinajstić information content (AvgIpc) is 2.92. The zero-order valence-electron chi connectivity index (χ0n) is 11.7. The summed E-state index contributed by atoms with van der Waals surface area (Å²) in [4.78, 5) is 5.98. The molecule has 0 saturated carbocycles. The SMILES string of the molecule is COc1cc(OC)cc(-c2nc3c(s2)C(N)CCC3)c1. The zero-order chi connectivity index (χ0) is 14.1. The summed E-state index contributed by atoms with van der Waals surface area (Å²) in [6.07, 6.45) is 3.20. The number of fused-ring (bicyclic) bond motifs is 1. The van der Waals surface area contributed by atoms with E-state index in [1.807, 2.05) is 18.2 Å². The maximum Gasteiger partial charge on any atom is 0.124 e. The van der Waals surface area contributed by atoms with E-state index < -0.39 is 0 Å². The van der Waals surface area contributed by atoms with E-state index in [9.17, 15) is 0 Å². The summed E-state index contributed by atoms with van der Waals surface area (Å²) in [6.45, 7) is 0. The third-order valence-corrected chi connectivity index (χ3v) is 4.87. The molecule has 0 saturated heterocycles. The Labute approximate surface area is 122 Å². The van der Waals surface area contributed by atoms with Crippen LogP contribution in [0.4, 0.5) is 0 Å². The molecule has 2 N–H and O–H groups in total. The molecule has 3 rings (SSSR count). The molecule has 0 amide bonds. The van der Waals surface area contributed by atoms with Crippen molar-refractivity contribution in [3.63, 3.8) is 0 Å². The Kier molecular flexibility index (Phi) is 3.63. The van der Waals surface area contributed by atoms with Gasteiger partial charge in [-0.05, 0) is 31.4 Å². The van der Waals surface area contributed by atoms with Gasteiger partial charge in [0.1, 0.15) is 16.5 Å². The van der Waals surface area contributed by atoms with Gasteiger partial charge >= 0.3 is 0 Å². The highest BCUT2D eigenvalue weighted by Gasteiger charge is 2.22. The van der Waals surface area contributed by atoms with Gasteiger partial charge in [-0.1, -0.05) is 0 Å². The smallest absolute Gasteiger partial charge is 0.124 e. The van der Waals surface area contributed by atoms with Crippen LogP contribution in [0.15, 0.2) is 18.2 Å². The van der Waals surface area contributed by atoms with Crippen LogP contribution in [0.3, 0.4) is 0 Å². The average molecular weight is 290 g/mol. The Morgan fingerprint density at radius 3 is 2.50 bits per heavy atom. The molecule has 0 spiro atoms. The highest BCUT2D eigenvalue weighted by Crippen LogP contribution is 2.38. The second-order valence-corrected chi connectivity index (χ2v) is 5.96. The number of hydrogen-bond acceptors (Lipinski definition) is 5. The van der Waals surface area contributed by atoms with Crippen molar-refractivity contribution in [1.29, 1.82) is 0 Å². The first-order valence-electron chi connectivity index (χ1n) is 6.70. The number of nitrogens with two attached hydrogens (primary N) is 1. The van der Waals surface area contributed by atoms with Crippen molar-refractivity contribution >= 4 is 11.3 Å². The Balaban J connectivity index is 2.04. The van der Waals surface area contributed by atoms with Crippen LogP contribution >= 0.6 is 11.3 Å². The van der Waals surface area contributed by atoms with Crippen LogP contribution in [-0.2, 0) is 6.42 Å². The highest BCUT2D eigenvalue weighted by molar-refractivity contribution is 7.15. The van der Waals surface area contributed by atoms with Gasteiger partial charge < -0.3 is 15.2 Å². The third kappa shape index (κ3) is 2.39. The van der Waals surface area contributed by atoms with E-state index in [-0.39, 0.29) is 6.04 Å². The van der Waals surface area contributed by atoms with Crippen LogP contribution in [0.1, 0.15) is 29.5 Å². The summed E-state index contributed by atoms with van der Waals surface area (Å²) >= 11 is 1.69. The first kappa shape index (κ1) is 13.4. The second kappa shape index (κ2) is 5.42. The lowest BCUT2D eigenvalue weighted by Crippen LogP contribution is -2.15. The largest absolute Gasteiger partial charge is 0.497 e. The van der Waals surface area contributed by atoms with E-state index in [2.05, 4.69) is 0 Å². The van der Waals surface area contributed by atoms with Crippen molar-refractivity contribution in [2.75, 3.05) is 14.2 Å². The zero-order valence-corrected chi connectivity index (χ0v) is 12.5. The van der Waals surface area contributed by atoms with E-state index in [0.29, 0.717) is 0 Å². The number of aryl methyl sites for hydroxylation is 1. The minimum Gasteiger partial charge on any atom is -0.497 e. The molecule has 1 aromatic heterocycles. The van der Waals surface area contributed by atoms with Gasteiger partial charge in [0.15, 0.2) is 0 Å². The summed E-state index contributed by atoms with van der Waals surface area (Å²) in [5.41, 5.74) is 8.35. The monoisotopic (exact) mass is 290 g/mol. The molecule has 2 aromatic rings. The molecule has 1 atom stereocenters. The Hall–Kier alpha value is -1.59. The van der Waals surface area contributed by atoms with Crippen molar-refractivity contribution in [1.82, 2.24) is 4.98 Å². The lowest BCUT2D eigenvalue weighted by atomic mass is 9.99. The summed E-state index contributed by atoms with van der Waals surface area (Å²) in [5.74, 6) is 1.55. The summed E-state index contributed by atoms with van der Waals surface area (Å²) in [5, 5.41) is 0.990. The Morgan fingerprint density at radius 2 is 1.90 bits per heavy atom. The molecule has 1 heterocycles. The number of methoxy groups -OCH3 is 2. The molecule has 0 radical (unpaired) electrons. The maximum absolute atomic E-state index is 6.17. The van der Waals surface area contributed by atoms with E-state index in [1.165, 1.54) is 4.88 Å². The highest BCUT2D eigenvalue weighted by atomic mass is 32.1. The van der Waals surface area contributed by atoms with Crippen molar-refractivity contribution in [3.05, 3.63) is 28.8 Å². The van der Waals surface area contributed by atoms with Crippen molar-refractivity contribution in [2.24, 2.45) is 5.73 Å². The summed E-state index contributed by atoms with van der Waals surface area (Å²) in [6, 6.07) is 5.97. The van der Waals surface area contributed by atoms with Gasteiger partial charge in [0, 0.05) is 22.5 Å². The fraction of sp³-hybridized carbons (Fsp3) is 0.400. The molecule has 0 aliphatic heterocycles. The van der Waals surface area contributed by atoms with Gasteiger partial charge in [-0.15, -0.1) is 11.3 Å². The quantitative estimate of drug-likeness (QED) is 0.943. The predicted molar refractivity (Wildman–Crippen MR) is 80.5 cm³/mol. The fourth-order valence-electron chi connectivity index (χ4n) is 2.51. The standard InChI is InChI=1S/C15H18N2O2S/c1-18-10-6-9(7-11(8-10)19-2)15-17-13-5-3-4-12(16)14(13)20-15/h6-8,12H,3-5,16H2,1-2H3. The van der Waals surface area contributed by atoms with Crippen LogP contribution in [0.5, 0.6) is 11.5 Å². The number of rotatable bonds is 3. The van der Waals surface area contributed by atoms with Crippen LogP contribution < -0.4 is 15.2 Å². The van der Waals surface area contributed by atoms with Gasteiger partial charge in [0.25, 0.3) is 0 Å². The maximum atomic E-state index is 6.17. The fourth-order valence-corrected chi connectivity index (χ4v) is 3.64. The number of aromatic nitrogens is 1. The molecule has 106 valence electrons. The minimum absolute atomic E-state index is 0.137. The van der Waals surface area contributed by atoms with E-state index in [0.717, 1.165) is 47.0 Å². The van der Waals surface area contributed by atoms with Gasteiger partial charge in [-0.2, -0.15) is 0 Å². The van der Waals surface area contributed by atoms with Gasteiger partial charge in [0.2, 0.25) is 0 Å². The van der Waals surface area contributed by atoms with Crippen LogP contribution in [0.2, 0.25) is 0 Å². The van der Waals surface area contributed by atoms with Gasteiger partial charge in [-0.25, -0.2) is 4.98 Å². The Morgan fingerprint density at radius 1 is 1.20 bits per heavy atom. The molecule has 0 fully saturated rings. The molecule has 1 unspecified atom stereocenters. The number of thiazole rings is 1. The molecule has 4 nitrogen and oxygen atoms in total. The van der Waals surface area contributed by atoms with Crippen molar-refractivity contribution < 1.29 is 9.47 Å². The lowest BCUT2D eigenvalue weighted by Gasteiger charge is -2.15. The summed E-state index contributed by atoms with van der Waals surface area (Å²) in [7, 11) is 3.31. The predicted octanol–water partition coefficient (Wildman–Crippen LogP) is 3.16. The van der Waals surface area contributed by atoms with Crippen molar-refractivity contribution in [3.8, 4) is 22.1 Å². The van der Waals surface area contributed by atoms with Crippen LogP contribution in [0, 0.1) is 0 Å². The molecule has 5 heteroatoms. The van der Waals surface area contributed by atoms with E-state index in [1.54, 1.807) is 25.6 Å². The lowest BCUT2D eigenvalue weighted by molar-refractivity contribution is 0.394. The molecule has 1 aliphatic rings. The minimum atomic E-state index is 0.137. The number of nitrogens with zero attached hydrogens (tertiary/aromatic N) is 1. The van der Waals surface area contributed by atoms with E-state index in [4.69, 9.17) is 20.2 Å². The normalized spacial score (nSPS) is 17.6. The molecule has 20 heavy (non-hydrogen) atoms. The Bertz CT molecular complexity index is 602. The number of benzene rings is 1. The molecule has 0 bridgehead atoms. The first-order valence-corrected chi connectivity index (χ1v) is 7.51. The third-order valence-electron chi connectivity index (χ3n) is 3.59. The first-order chi connectivity index (χ1) is 9.71. The van der Waals surface area contributed by atoms with Gasteiger partial charge in [0.05, 0.1) is 19.9 Å². The van der Waals surface area contributed by atoms with Crippen molar-refractivity contribution in [2.45, 2.75) is 25.3 Å². The molecular formula is C15H18N2O2S. The molecule has 1 aliphatic carbocycles. The molecule has 1 aromatic carbocycles. The summed E-state index contributed by atoms with van der Waals surface area (Å²) < 4.78 is 10.6. The van der Waals surface area contributed by atoms with E-state index >= 15 is 0 Å². The number of hydrogen-bond donors (Lipinski definition) is 1. The van der Waals surface area contributed by atoms with Gasteiger partial charge in [-0.3, -0.25) is 0 Å². The topological polar surface area (TPSA) is 57.4 Å².